The zero-order chi connectivity index (χ0) is 9.52. The van der Waals surface area contributed by atoms with Gasteiger partial charge in [-0.2, -0.15) is 0 Å². The Hall–Kier alpha value is -0.870. The van der Waals surface area contributed by atoms with Gasteiger partial charge in [0.25, 0.3) is 0 Å². The van der Waals surface area contributed by atoms with Crippen molar-refractivity contribution in [3.63, 3.8) is 0 Å². The summed E-state index contributed by atoms with van der Waals surface area (Å²) >= 11 is 0. The van der Waals surface area contributed by atoms with Crippen LogP contribution in [0.25, 0.3) is 0 Å². The standard InChI is InChI=1S/C9H16N2O2/c10-3-1-4-11-7-9-6-8(12)2-5-13-9/h1,3-4,8-9,12H,2,5-7,10H2/b3-1-,11-4?. The zero-order valence-electron chi connectivity index (χ0n) is 7.60. The third-order valence-corrected chi connectivity index (χ3v) is 1.95. The number of nitrogens with two attached hydrogens (primary N) is 1. The van der Waals surface area contributed by atoms with Gasteiger partial charge in [-0.05, 0) is 18.7 Å². The van der Waals surface area contributed by atoms with E-state index in [2.05, 4.69) is 4.99 Å². The number of aliphatic hydroxyl groups excluding tert-OH is 1. The second kappa shape index (κ2) is 5.72. The Labute approximate surface area is 78.1 Å². The van der Waals surface area contributed by atoms with Crippen LogP contribution in [0.5, 0.6) is 0 Å². The van der Waals surface area contributed by atoms with E-state index in [9.17, 15) is 5.11 Å². The van der Waals surface area contributed by atoms with Crippen molar-refractivity contribution in [1.29, 1.82) is 0 Å². The molecular formula is C9H16N2O2. The third kappa shape index (κ3) is 4.05. The summed E-state index contributed by atoms with van der Waals surface area (Å²) in [6.07, 6.45) is 6.00. The molecule has 74 valence electrons. The molecule has 13 heavy (non-hydrogen) atoms. The van der Waals surface area contributed by atoms with Crippen LogP contribution < -0.4 is 5.73 Å². The van der Waals surface area contributed by atoms with E-state index < -0.39 is 0 Å². The van der Waals surface area contributed by atoms with E-state index in [1.807, 2.05) is 0 Å². The first-order valence-electron chi connectivity index (χ1n) is 4.49. The lowest BCUT2D eigenvalue weighted by molar-refractivity contribution is -0.0380. The number of allylic oxidation sites excluding steroid dienone is 1. The summed E-state index contributed by atoms with van der Waals surface area (Å²) < 4.78 is 5.40. The normalized spacial score (nSPS) is 30.2. The SMILES string of the molecule is N/C=C\C=NCC1CC(O)CCO1. The topological polar surface area (TPSA) is 67.8 Å². The maximum absolute atomic E-state index is 9.32. The average molecular weight is 184 g/mol. The number of aliphatic hydroxyl groups is 1. The van der Waals surface area contributed by atoms with Gasteiger partial charge in [0.2, 0.25) is 0 Å². The Morgan fingerprint density at radius 1 is 1.62 bits per heavy atom. The molecular weight excluding hydrogens is 168 g/mol. The minimum absolute atomic E-state index is 0.0613. The lowest BCUT2D eigenvalue weighted by Crippen LogP contribution is -2.30. The molecule has 3 N–H and O–H groups in total. The van der Waals surface area contributed by atoms with Crippen LogP contribution in [0.15, 0.2) is 17.3 Å². The molecule has 1 aliphatic rings. The Bertz CT molecular complexity index is 192. The second-order valence-corrected chi connectivity index (χ2v) is 3.07. The zero-order valence-corrected chi connectivity index (χ0v) is 7.60. The van der Waals surface area contributed by atoms with Gasteiger partial charge < -0.3 is 15.6 Å². The molecule has 0 aromatic rings. The minimum Gasteiger partial charge on any atom is -0.405 e. The maximum atomic E-state index is 9.32. The van der Waals surface area contributed by atoms with Crippen LogP contribution in [0.4, 0.5) is 0 Å². The monoisotopic (exact) mass is 184 g/mol. The molecule has 0 aliphatic carbocycles. The van der Waals surface area contributed by atoms with Crippen molar-refractivity contribution in [2.45, 2.75) is 25.0 Å². The summed E-state index contributed by atoms with van der Waals surface area (Å²) in [5, 5.41) is 9.32. The van der Waals surface area contributed by atoms with Gasteiger partial charge in [-0.1, -0.05) is 0 Å². The van der Waals surface area contributed by atoms with Gasteiger partial charge in [-0.15, -0.1) is 0 Å². The Balaban J connectivity index is 2.20. The second-order valence-electron chi connectivity index (χ2n) is 3.07. The number of ether oxygens (including phenoxy) is 1. The highest BCUT2D eigenvalue weighted by Gasteiger charge is 2.19. The lowest BCUT2D eigenvalue weighted by atomic mass is 10.1. The first-order chi connectivity index (χ1) is 6.33. The highest BCUT2D eigenvalue weighted by Crippen LogP contribution is 2.13. The first kappa shape index (κ1) is 10.2. The van der Waals surface area contributed by atoms with Gasteiger partial charge in [-0.3, -0.25) is 4.99 Å². The average Bonchev–Trinajstić information content (AvgIpc) is 2.13. The molecule has 1 heterocycles. The highest BCUT2D eigenvalue weighted by atomic mass is 16.5. The van der Waals surface area contributed by atoms with Crippen LogP contribution in [0, 0.1) is 0 Å². The molecule has 1 fully saturated rings. The molecule has 0 radical (unpaired) electrons. The van der Waals surface area contributed by atoms with Gasteiger partial charge in [-0.25, -0.2) is 0 Å². The van der Waals surface area contributed by atoms with Gasteiger partial charge in [0, 0.05) is 19.2 Å². The van der Waals surface area contributed by atoms with Crippen LogP contribution >= 0.6 is 0 Å². The molecule has 2 unspecified atom stereocenters. The Morgan fingerprint density at radius 3 is 3.15 bits per heavy atom. The van der Waals surface area contributed by atoms with Crippen LogP contribution in [-0.2, 0) is 4.74 Å². The Morgan fingerprint density at radius 2 is 2.46 bits per heavy atom. The summed E-state index contributed by atoms with van der Waals surface area (Å²) in [5.74, 6) is 0. The van der Waals surface area contributed by atoms with Gasteiger partial charge in [0.15, 0.2) is 0 Å². The van der Waals surface area contributed by atoms with Crippen molar-refractivity contribution < 1.29 is 9.84 Å². The summed E-state index contributed by atoms with van der Waals surface area (Å²) in [5.41, 5.74) is 5.13. The summed E-state index contributed by atoms with van der Waals surface area (Å²) in [6, 6.07) is 0. The van der Waals surface area contributed by atoms with E-state index in [1.165, 1.54) is 6.20 Å². The van der Waals surface area contributed by atoms with Crippen molar-refractivity contribution in [2.75, 3.05) is 13.2 Å². The molecule has 0 saturated carbocycles. The summed E-state index contributed by atoms with van der Waals surface area (Å²) in [7, 11) is 0. The number of aliphatic imine (C=N–C) groups is 1. The van der Waals surface area contributed by atoms with Crippen LogP contribution in [0.1, 0.15) is 12.8 Å². The summed E-state index contributed by atoms with van der Waals surface area (Å²) in [6.45, 7) is 1.23. The van der Waals surface area contributed by atoms with Crippen molar-refractivity contribution >= 4 is 6.21 Å². The van der Waals surface area contributed by atoms with Crippen LogP contribution in [0.2, 0.25) is 0 Å². The van der Waals surface area contributed by atoms with Crippen molar-refractivity contribution in [3.05, 3.63) is 12.3 Å². The number of hydrogen-bond acceptors (Lipinski definition) is 4. The molecule has 4 nitrogen and oxygen atoms in total. The van der Waals surface area contributed by atoms with Crippen LogP contribution in [0.3, 0.4) is 0 Å². The molecule has 0 amide bonds. The highest BCUT2D eigenvalue weighted by molar-refractivity contribution is 5.70. The van der Waals surface area contributed by atoms with Crippen LogP contribution in [-0.4, -0.2) is 36.7 Å². The van der Waals surface area contributed by atoms with E-state index >= 15 is 0 Å². The van der Waals surface area contributed by atoms with Crippen molar-refractivity contribution in [3.8, 4) is 0 Å². The van der Waals surface area contributed by atoms with E-state index in [0.29, 0.717) is 19.6 Å². The van der Waals surface area contributed by atoms with Gasteiger partial charge in [0.1, 0.15) is 0 Å². The minimum atomic E-state index is -0.223. The molecule has 2 atom stereocenters. The lowest BCUT2D eigenvalue weighted by Gasteiger charge is -2.24. The molecule has 0 aromatic heterocycles. The molecule has 0 bridgehead atoms. The van der Waals surface area contributed by atoms with E-state index in [1.54, 1.807) is 12.3 Å². The summed E-state index contributed by atoms with van der Waals surface area (Å²) in [4.78, 5) is 4.09. The largest absolute Gasteiger partial charge is 0.405 e. The van der Waals surface area contributed by atoms with E-state index in [-0.39, 0.29) is 12.2 Å². The Kier molecular flexibility index (Phi) is 4.49. The smallest absolute Gasteiger partial charge is 0.0794 e. The third-order valence-electron chi connectivity index (χ3n) is 1.95. The van der Waals surface area contributed by atoms with E-state index in [4.69, 9.17) is 10.5 Å². The van der Waals surface area contributed by atoms with Crippen molar-refractivity contribution in [2.24, 2.45) is 10.7 Å². The quantitative estimate of drug-likeness (QED) is 0.610. The van der Waals surface area contributed by atoms with E-state index in [0.717, 1.165) is 6.42 Å². The fraction of sp³-hybridized carbons (Fsp3) is 0.667. The molecule has 1 saturated heterocycles. The number of hydrogen-bond donors (Lipinski definition) is 2. The molecule has 0 spiro atoms. The van der Waals surface area contributed by atoms with Gasteiger partial charge >= 0.3 is 0 Å². The molecule has 4 heteroatoms. The predicted octanol–water partition coefficient (Wildman–Crippen LogP) is 0.0695. The molecule has 1 rings (SSSR count). The molecule has 0 aromatic carbocycles. The molecule has 1 aliphatic heterocycles. The van der Waals surface area contributed by atoms with Gasteiger partial charge in [0.05, 0.1) is 18.8 Å². The predicted molar refractivity (Wildman–Crippen MR) is 51.7 cm³/mol. The maximum Gasteiger partial charge on any atom is 0.0794 e. The fourth-order valence-electron chi connectivity index (χ4n) is 1.28. The van der Waals surface area contributed by atoms with Crippen molar-refractivity contribution in [1.82, 2.24) is 0 Å². The number of rotatable bonds is 3. The fourth-order valence-corrected chi connectivity index (χ4v) is 1.28. The number of nitrogens with zero attached hydrogens (tertiary/aromatic N) is 1. The first-order valence-corrected chi connectivity index (χ1v) is 4.49.